The molecule has 1 aliphatic carbocycles. The fourth-order valence-electron chi connectivity index (χ4n) is 2.38. The third-order valence-electron chi connectivity index (χ3n) is 3.24. The van der Waals surface area contributed by atoms with Crippen molar-refractivity contribution in [2.75, 3.05) is 14.2 Å². The number of ether oxygens (including phenoxy) is 1. The summed E-state index contributed by atoms with van der Waals surface area (Å²) >= 11 is 0. The third kappa shape index (κ3) is 2.50. The monoisotopic (exact) mass is 235 g/mol. The van der Waals surface area contributed by atoms with Crippen LogP contribution in [0.3, 0.4) is 0 Å². The van der Waals surface area contributed by atoms with E-state index in [-0.39, 0.29) is 11.9 Å². The Morgan fingerprint density at radius 3 is 2.82 bits per heavy atom. The summed E-state index contributed by atoms with van der Waals surface area (Å²) in [5.74, 6) is -0.00662. The van der Waals surface area contributed by atoms with Crippen LogP contribution >= 0.6 is 0 Å². The van der Waals surface area contributed by atoms with E-state index in [0.717, 1.165) is 18.4 Å². The lowest BCUT2D eigenvalue weighted by Crippen LogP contribution is -2.18. The fourth-order valence-corrected chi connectivity index (χ4v) is 2.38. The molecular weight excluding hydrogens is 217 g/mol. The number of benzene rings is 1. The molecule has 0 aliphatic heterocycles. The van der Waals surface area contributed by atoms with Crippen LogP contribution in [0.15, 0.2) is 29.8 Å². The van der Waals surface area contributed by atoms with Crippen molar-refractivity contribution in [1.82, 2.24) is 5.32 Å². The quantitative estimate of drug-likeness (QED) is 0.809. The first kappa shape index (κ1) is 12.1. The van der Waals surface area contributed by atoms with Gasteiger partial charge < -0.3 is 10.1 Å². The Balaban J connectivity index is 2.30. The first-order valence-electron chi connectivity index (χ1n) is 5.96. The van der Waals surface area contributed by atoms with Gasteiger partial charge in [-0.15, -0.1) is 0 Å². The van der Waals surface area contributed by atoms with Crippen molar-refractivity contribution in [2.24, 2.45) is 0 Å². The molecule has 0 spiro atoms. The van der Waals surface area contributed by atoms with Gasteiger partial charge in [0, 0.05) is 0 Å². The molecule has 3 heteroatoms. The largest absolute Gasteiger partial charge is 0.494 e. The van der Waals surface area contributed by atoms with E-state index in [0.29, 0.717) is 5.75 Å². The lowest BCUT2D eigenvalue weighted by atomic mass is 9.98. The summed E-state index contributed by atoms with van der Waals surface area (Å²) in [6.45, 7) is 0. The number of allylic oxidation sites excluding steroid dienone is 1. The van der Waals surface area contributed by atoms with E-state index in [4.69, 9.17) is 4.74 Å². The number of halogens is 1. The van der Waals surface area contributed by atoms with Crippen molar-refractivity contribution in [2.45, 2.75) is 25.3 Å². The van der Waals surface area contributed by atoms with Crippen LogP contribution in [0.4, 0.5) is 4.39 Å². The minimum absolute atomic E-state index is 0.173. The van der Waals surface area contributed by atoms with Crippen LogP contribution in [-0.4, -0.2) is 14.2 Å². The smallest absolute Gasteiger partial charge is 0.165 e. The van der Waals surface area contributed by atoms with Gasteiger partial charge in [-0.25, -0.2) is 4.39 Å². The van der Waals surface area contributed by atoms with Gasteiger partial charge in [-0.1, -0.05) is 17.7 Å². The Bertz CT molecular complexity index is 428. The Labute approximate surface area is 101 Å². The van der Waals surface area contributed by atoms with Gasteiger partial charge in [-0.2, -0.15) is 0 Å². The Hall–Kier alpha value is -1.35. The molecule has 92 valence electrons. The zero-order chi connectivity index (χ0) is 12.3. The van der Waals surface area contributed by atoms with Crippen molar-refractivity contribution in [3.05, 3.63) is 41.2 Å². The highest BCUT2D eigenvalue weighted by atomic mass is 19.1. The van der Waals surface area contributed by atoms with E-state index >= 15 is 0 Å². The molecule has 1 aromatic rings. The van der Waals surface area contributed by atoms with Crippen LogP contribution in [0, 0.1) is 5.82 Å². The highest BCUT2D eigenvalue weighted by molar-refractivity contribution is 5.36. The topological polar surface area (TPSA) is 21.3 Å². The average molecular weight is 235 g/mol. The summed E-state index contributed by atoms with van der Waals surface area (Å²) in [5, 5.41) is 3.28. The molecular formula is C14H18FNO. The summed E-state index contributed by atoms with van der Waals surface area (Å²) in [6.07, 6.45) is 5.75. The van der Waals surface area contributed by atoms with Gasteiger partial charge in [0.15, 0.2) is 11.6 Å². The molecule has 2 nitrogen and oxygen atoms in total. The second kappa shape index (κ2) is 5.32. The van der Waals surface area contributed by atoms with E-state index < -0.39 is 0 Å². The van der Waals surface area contributed by atoms with Gasteiger partial charge in [0.2, 0.25) is 0 Å². The first-order chi connectivity index (χ1) is 8.26. The van der Waals surface area contributed by atoms with Crippen LogP contribution in [0.5, 0.6) is 5.75 Å². The maximum atomic E-state index is 13.4. The van der Waals surface area contributed by atoms with Gasteiger partial charge in [0.1, 0.15) is 0 Å². The predicted molar refractivity (Wildman–Crippen MR) is 66.7 cm³/mol. The van der Waals surface area contributed by atoms with Crippen LogP contribution in [0.2, 0.25) is 0 Å². The molecule has 0 amide bonds. The van der Waals surface area contributed by atoms with Crippen LogP contribution in [0.25, 0.3) is 0 Å². The maximum absolute atomic E-state index is 13.4. The highest BCUT2D eigenvalue weighted by Gasteiger charge is 2.18. The molecule has 0 bridgehead atoms. The normalized spacial score (nSPS) is 16.8. The number of nitrogens with one attached hydrogen (secondary N) is 1. The van der Waals surface area contributed by atoms with Crippen LogP contribution in [-0.2, 0) is 0 Å². The minimum Gasteiger partial charge on any atom is -0.494 e. The van der Waals surface area contributed by atoms with Gasteiger partial charge in [-0.05, 0) is 44.0 Å². The summed E-state index contributed by atoms with van der Waals surface area (Å²) in [7, 11) is 3.42. The third-order valence-corrected chi connectivity index (χ3v) is 3.24. The summed E-state index contributed by atoms with van der Waals surface area (Å²) in [6, 6.07) is 5.23. The van der Waals surface area contributed by atoms with Crippen LogP contribution in [0.1, 0.15) is 30.9 Å². The Kier molecular flexibility index (Phi) is 3.79. The SMILES string of the molecule is CNC(C1=CCCC1)c1ccc(F)c(OC)c1. The van der Waals surface area contributed by atoms with E-state index in [1.165, 1.54) is 25.2 Å². The lowest BCUT2D eigenvalue weighted by molar-refractivity contribution is 0.385. The molecule has 17 heavy (non-hydrogen) atoms. The number of likely N-dealkylation sites (N-methyl/N-ethyl adjacent to an activating group) is 1. The lowest BCUT2D eigenvalue weighted by Gasteiger charge is -2.19. The summed E-state index contributed by atoms with van der Waals surface area (Å²) < 4.78 is 18.4. The molecule has 1 aromatic carbocycles. The molecule has 0 heterocycles. The van der Waals surface area contributed by atoms with Crippen LogP contribution < -0.4 is 10.1 Å². The van der Waals surface area contributed by atoms with Gasteiger partial charge >= 0.3 is 0 Å². The van der Waals surface area contributed by atoms with Crippen molar-refractivity contribution >= 4 is 0 Å². The zero-order valence-corrected chi connectivity index (χ0v) is 10.3. The molecule has 2 rings (SSSR count). The molecule has 1 atom stereocenters. The summed E-state index contributed by atoms with van der Waals surface area (Å²) in [4.78, 5) is 0. The van der Waals surface area contributed by atoms with E-state index in [1.807, 2.05) is 13.1 Å². The first-order valence-corrected chi connectivity index (χ1v) is 5.96. The van der Waals surface area contributed by atoms with E-state index in [9.17, 15) is 4.39 Å². The van der Waals surface area contributed by atoms with Crippen molar-refractivity contribution in [3.63, 3.8) is 0 Å². The van der Waals surface area contributed by atoms with E-state index in [1.54, 1.807) is 6.07 Å². The maximum Gasteiger partial charge on any atom is 0.165 e. The average Bonchev–Trinajstić information content (AvgIpc) is 2.86. The molecule has 0 fully saturated rings. The van der Waals surface area contributed by atoms with E-state index in [2.05, 4.69) is 11.4 Å². The standard InChI is InChI=1S/C14H18FNO/c1-16-14(10-5-3-4-6-10)11-7-8-12(15)13(9-11)17-2/h5,7-9,14,16H,3-4,6H2,1-2H3. The van der Waals surface area contributed by atoms with Crippen molar-refractivity contribution in [1.29, 1.82) is 0 Å². The molecule has 0 saturated heterocycles. The zero-order valence-electron chi connectivity index (χ0n) is 10.3. The Morgan fingerprint density at radius 1 is 1.41 bits per heavy atom. The summed E-state index contributed by atoms with van der Waals surface area (Å²) in [5.41, 5.74) is 2.44. The number of methoxy groups -OCH3 is 1. The molecule has 0 radical (unpaired) electrons. The molecule has 1 unspecified atom stereocenters. The Morgan fingerprint density at radius 2 is 2.24 bits per heavy atom. The molecule has 1 N–H and O–H groups in total. The second-order valence-electron chi connectivity index (χ2n) is 4.29. The fraction of sp³-hybridized carbons (Fsp3) is 0.429. The molecule has 0 aromatic heterocycles. The second-order valence-corrected chi connectivity index (χ2v) is 4.29. The highest BCUT2D eigenvalue weighted by Crippen LogP contribution is 2.32. The van der Waals surface area contributed by atoms with Gasteiger partial charge in [0.25, 0.3) is 0 Å². The van der Waals surface area contributed by atoms with Crippen molar-refractivity contribution in [3.8, 4) is 5.75 Å². The number of hydrogen-bond acceptors (Lipinski definition) is 2. The van der Waals surface area contributed by atoms with Gasteiger partial charge in [0.05, 0.1) is 13.2 Å². The number of rotatable bonds is 4. The minimum atomic E-state index is -0.313. The molecule has 0 saturated carbocycles. The van der Waals surface area contributed by atoms with Gasteiger partial charge in [-0.3, -0.25) is 0 Å². The number of hydrogen-bond donors (Lipinski definition) is 1. The molecule has 1 aliphatic rings. The van der Waals surface area contributed by atoms with Crippen molar-refractivity contribution < 1.29 is 9.13 Å². The predicted octanol–water partition coefficient (Wildman–Crippen LogP) is 3.21.